The number of hydrogen-bond donors (Lipinski definition) is 0. The Bertz CT molecular complexity index is 9100. The minimum atomic E-state index is 0.0301. The minimum Gasteiger partial charge on any atom is -0.456 e. The summed E-state index contributed by atoms with van der Waals surface area (Å²) < 4.78 is 6.03. The van der Waals surface area contributed by atoms with Gasteiger partial charge in [0, 0.05) is 16.2 Å². The van der Waals surface area contributed by atoms with Crippen LogP contribution < -0.4 is 0 Å². The summed E-state index contributed by atoms with van der Waals surface area (Å²) in [5, 5.41) is 26.0. The van der Waals surface area contributed by atoms with Gasteiger partial charge in [-0.15, -0.1) is 0 Å². The minimum absolute atomic E-state index is 0.0301. The van der Waals surface area contributed by atoms with E-state index in [1.807, 2.05) is 12.1 Å². The second-order valence-corrected chi connectivity index (χ2v) is 36.2. The molecule has 130 heavy (non-hydrogen) atoms. The summed E-state index contributed by atoms with van der Waals surface area (Å²) in [5.74, 6) is 0. The number of fused-ring (bicyclic) bond motifs is 26. The van der Waals surface area contributed by atoms with E-state index in [9.17, 15) is 0 Å². The lowest BCUT2D eigenvalue weighted by molar-refractivity contribution is 0.660. The predicted molar refractivity (Wildman–Crippen MR) is 553 cm³/mol. The van der Waals surface area contributed by atoms with Gasteiger partial charge in [0.1, 0.15) is 11.2 Å². The fourth-order valence-electron chi connectivity index (χ4n) is 22.8. The maximum atomic E-state index is 6.03. The monoisotopic (exact) mass is 1640 g/mol. The Morgan fingerprint density at radius 2 is 0.469 bits per heavy atom. The first kappa shape index (κ1) is 73.7. The normalized spacial score (nSPS) is 12.6. The standard InChI is InChI=1S/C46H28.C45H30.C38H22O/c1-2-7-29(8-3-1)31-13-14-33-26-34(16-15-32(33)25-31)35-17-18-37-28-38(20-19-36(37)27-35)39-23-24-44-45-40-10-5-4-9-30(40)21-22-43(45)42-12-6-11-41(39)46(42)44;1-45(2)40-17-8-7-12-33(40)39-26-29(22-25-41(39)45)27-18-20-28(21-19-27)30-23-24-38-42-34(30)15-9-16-37(42)43-35-13-5-3-10-31(35)32-11-4-6-14-36(32)44(38)43;1-2-7-28-24(6-1)16-18-32-31-10-5-9-30-27(19-20-33(37(28)32)38(30)31)25-14-12-23(13-15-25)26-17-21-36-34(22-26)29-8-3-4-11-35(29)39-36/h1-28H;3-26H,1-2H3;1-22H. The summed E-state index contributed by atoms with van der Waals surface area (Å²) in [6.07, 6.45) is 0. The second kappa shape index (κ2) is 28.7. The third kappa shape index (κ3) is 11.3. The molecule has 0 N–H and O–H groups in total. The molecule has 1 nitrogen and oxygen atoms in total. The zero-order valence-corrected chi connectivity index (χ0v) is 71.6. The second-order valence-electron chi connectivity index (χ2n) is 36.2. The zero-order chi connectivity index (χ0) is 85.6. The van der Waals surface area contributed by atoms with Gasteiger partial charge in [-0.1, -0.05) is 414 Å². The van der Waals surface area contributed by atoms with Crippen LogP contribution >= 0.6 is 0 Å². The van der Waals surface area contributed by atoms with E-state index in [0.29, 0.717) is 0 Å². The van der Waals surface area contributed by atoms with Gasteiger partial charge in [0.25, 0.3) is 0 Å². The van der Waals surface area contributed by atoms with E-state index >= 15 is 0 Å². The van der Waals surface area contributed by atoms with Crippen LogP contribution in [0.15, 0.2) is 453 Å². The molecule has 0 radical (unpaired) electrons. The van der Waals surface area contributed by atoms with Crippen LogP contribution in [0, 0.1) is 0 Å². The number of furan rings is 1. The van der Waals surface area contributed by atoms with E-state index in [-0.39, 0.29) is 5.41 Å². The summed E-state index contributed by atoms with van der Waals surface area (Å²) >= 11 is 0. The van der Waals surface area contributed by atoms with Crippen LogP contribution in [0.2, 0.25) is 0 Å². The summed E-state index contributed by atoms with van der Waals surface area (Å²) in [7, 11) is 0. The van der Waals surface area contributed by atoms with Crippen LogP contribution in [0.1, 0.15) is 25.0 Å². The Balaban J connectivity index is 0.000000101. The van der Waals surface area contributed by atoms with Crippen molar-refractivity contribution in [3.8, 4) is 156 Å². The number of benzene rings is 24. The van der Waals surface area contributed by atoms with Crippen LogP contribution in [0.4, 0.5) is 0 Å². The van der Waals surface area contributed by atoms with Crippen molar-refractivity contribution in [1.82, 2.24) is 0 Å². The molecule has 24 aromatic carbocycles. The smallest absolute Gasteiger partial charge is 0.135 e. The summed E-state index contributed by atoms with van der Waals surface area (Å²) in [5.41, 5.74) is 41.2. The van der Waals surface area contributed by atoms with Crippen molar-refractivity contribution in [2.75, 3.05) is 0 Å². The van der Waals surface area contributed by atoms with Gasteiger partial charge in [0.05, 0.1) is 0 Å². The van der Waals surface area contributed by atoms with Crippen molar-refractivity contribution in [3.63, 3.8) is 0 Å². The summed E-state index contributed by atoms with van der Waals surface area (Å²) in [6, 6.07) is 166. The Hall–Kier alpha value is -16.6. The van der Waals surface area contributed by atoms with Crippen LogP contribution in [-0.2, 0) is 5.41 Å². The van der Waals surface area contributed by atoms with E-state index in [4.69, 9.17) is 4.42 Å². The molecule has 1 heteroatoms. The van der Waals surface area contributed by atoms with Gasteiger partial charge in [-0.05, 0) is 312 Å². The molecular formula is C129H80O. The fraction of sp³-hybridized carbons (Fsp3) is 0.0233. The zero-order valence-electron chi connectivity index (χ0n) is 71.6. The van der Waals surface area contributed by atoms with Crippen LogP contribution in [-0.4, -0.2) is 0 Å². The Kier molecular flexibility index (Phi) is 16.3. The predicted octanol–water partition coefficient (Wildman–Crippen LogP) is 36.3. The van der Waals surface area contributed by atoms with Gasteiger partial charge in [0.2, 0.25) is 0 Å². The molecule has 0 aliphatic heterocycles. The first-order valence-corrected chi connectivity index (χ1v) is 45.4. The Morgan fingerprint density at radius 3 is 1.02 bits per heavy atom. The molecule has 25 aromatic rings. The lowest BCUT2D eigenvalue weighted by Gasteiger charge is -2.21. The highest BCUT2D eigenvalue weighted by Gasteiger charge is 2.36. The van der Waals surface area contributed by atoms with Crippen molar-refractivity contribution >= 4 is 119 Å². The molecule has 0 fully saturated rings. The van der Waals surface area contributed by atoms with Gasteiger partial charge in [0.15, 0.2) is 0 Å². The van der Waals surface area contributed by atoms with Crippen molar-refractivity contribution in [2.45, 2.75) is 19.3 Å². The van der Waals surface area contributed by atoms with Gasteiger partial charge in [-0.25, -0.2) is 0 Å². The maximum absolute atomic E-state index is 6.03. The molecule has 0 spiro atoms. The third-order valence-corrected chi connectivity index (χ3v) is 29.0. The highest BCUT2D eigenvalue weighted by atomic mass is 16.3. The van der Waals surface area contributed by atoms with Crippen LogP contribution in [0.3, 0.4) is 0 Å². The third-order valence-electron chi connectivity index (χ3n) is 29.0. The van der Waals surface area contributed by atoms with E-state index in [1.54, 1.807) is 0 Å². The average molecular weight is 1650 g/mol. The first-order valence-electron chi connectivity index (χ1n) is 45.4. The van der Waals surface area contributed by atoms with Crippen molar-refractivity contribution in [2.24, 2.45) is 0 Å². The van der Waals surface area contributed by atoms with E-state index < -0.39 is 0 Å². The van der Waals surface area contributed by atoms with E-state index in [0.717, 1.165) is 21.9 Å². The maximum Gasteiger partial charge on any atom is 0.135 e. The van der Waals surface area contributed by atoms with E-state index in [2.05, 4.69) is 451 Å². The molecule has 602 valence electrons. The Labute approximate surface area is 753 Å². The fourth-order valence-corrected chi connectivity index (χ4v) is 22.8. The lowest BCUT2D eigenvalue weighted by atomic mass is 9.82. The molecule has 29 rings (SSSR count). The molecule has 0 atom stereocenters. The van der Waals surface area contributed by atoms with Crippen LogP contribution in [0.25, 0.3) is 275 Å². The summed E-state index contributed by atoms with van der Waals surface area (Å²) in [6.45, 7) is 4.68. The van der Waals surface area contributed by atoms with Gasteiger partial charge >= 0.3 is 0 Å². The van der Waals surface area contributed by atoms with Gasteiger partial charge in [-0.2, -0.15) is 0 Å². The Morgan fingerprint density at radius 1 is 0.146 bits per heavy atom. The topological polar surface area (TPSA) is 13.1 Å². The van der Waals surface area contributed by atoms with Crippen molar-refractivity contribution in [1.29, 1.82) is 0 Å². The molecular weight excluding hydrogens is 1570 g/mol. The largest absolute Gasteiger partial charge is 0.456 e. The molecule has 4 aliphatic rings. The number of para-hydroxylation sites is 1. The molecule has 0 bridgehead atoms. The highest BCUT2D eigenvalue weighted by Crippen LogP contribution is 2.58. The molecule has 0 saturated carbocycles. The molecule has 1 heterocycles. The highest BCUT2D eigenvalue weighted by molar-refractivity contribution is 6.32. The first-order chi connectivity index (χ1) is 64.2. The molecule has 0 amide bonds. The van der Waals surface area contributed by atoms with Gasteiger partial charge < -0.3 is 4.42 Å². The SMILES string of the molecule is CC1(C)c2ccccc2-c2cc(-c3ccc(-c4ccc5c6c(cccc46)-c4c-5c5ccccc5c5ccccc45)cc3)ccc21.c1ccc(-c2ccc3cc(-c4ccc5cc(-c6ccc7c8c(cccc68)-c6ccc8ccccc8c6-7)ccc5c4)ccc3c2)cc1.c1ccc2c3c(ccc2c1)-c1cccc2c(-c4ccc(-c5ccc6oc7ccccc7c6c5)cc4)ccc-3c12. The molecule has 1 aromatic heterocycles. The van der Waals surface area contributed by atoms with Crippen LogP contribution in [0.5, 0.6) is 0 Å². The van der Waals surface area contributed by atoms with Crippen molar-refractivity contribution in [3.05, 3.63) is 460 Å². The average Bonchev–Trinajstić information content (AvgIpc) is 1.55. The molecule has 4 aliphatic carbocycles. The molecule has 0 unspecified atom stereocenters. The van der Waals surface area contributed by atoms with E-state index in [1.165, 1.54) is 264 Å². The lowest BCUT2D eigenvalue weighted by Crippen LogP contribution is -2.14. The van der Waals surface area contributed by atoms with Gasteiger partial charge in [-0.3, -0.25) is 0 Å². The number of rotatable bonds is 7. The quantitative estimate of drug-likeness (QED) is 0.145. The van der Waals surface area contributed by atoms with Crippen molar-refractivity contribution < 1.29 is 4.42 Å². The summed E-state index contributed by atoms with van der Waals surface area (Å²) in [4.78, 5) is 0. The molecule has 0 saturated heterocycles. The number of hydrogen-bond acceptors (Lipinski definition) is 1.